The molecule has 0 aliphatic carbocycles. The van der Waals surface area contributed by atoms with Gasteiger partial charge in [0.05, 0.1) is 25.9 Å². The van der Waals surface area contributed by atoms with Crippen LogP contribution in [0.2, 0.25) is 0 Å². The van der Waals surface area contributed by atoms with E-state index in [1.165, 1.54) is 17.5 Å². The van der Waals surface area contributed by atoms with Crippen molar-refractivity contribution in [1.29, 1.82) is 0 Å². The maximum atomic E-state index is 13.2. The minimum absolute atomic E-state index is 0.267. The van der Waals surface area contributed by atoms with Gasteiger partial charge in [0.1, 0.15) is 5.75 Å². The van der Waals surface area contributed by atoms with E-state index in [-0.39, 0.29) is 24.4 Å². The summed E-state index contributed by atoms with van der Waals surface area (Å²) in [6.45, 7) is 1.24. The Bertz CT molecular complexity index is 878. The van der Waals surface area contributed by atoms with E-state index >= 15 is 0 Å². The first-order valence-corrected chi connectivity index (χ1v) is 9.99. The first kappa shape index (κ1) is 19.3. The Morgan fingerprint density at radius 1 is 1.07 bits per heavy atom. The topological polar surface area (TPSA) is 82.1 Å². The predicted octanol–water partition coefficient (Wildman–Crippen LogP) is 2.21. The smallest absolute Gasteiger partial charge is 0.337 e. The molecule has 0 amide bonds. The van der Waals surface area contributed by atoms with Crippen LogP contribution >= 0.6 is 0 Å². The van der Waals surface area contributed by atoms with Crippen LogP contribution in [0.25, 0.3) is 0 Å². The van der Waals surface area contributed by atoms with Crippen LogP contribution in [0, 0.1) is 0 Å². The SMILES string of the molecule is COC(=O)c1cccc(OC(c2ccccc2)S(=O)(=O)N2CCOCC2)c1. The van der Waals surface area contributed by atoms with Crippen LogP contribution in [-0.2, 0) is 19.5 Å². The molecule has 1 heterocycles. The number of carbonyl (C=O) groups is 1. The first-order chi connectivity index (χ1) is 13.0. The van der Waals surface area contributed by atoms with Gasteiger partial charge in [-0.15, -0.1) is 0 Å². The minimum Gasteiger partial charge on any atom is -0.468 e. The van der Waals surface area contributed by atoms with E-state index in [0.717, 1.165) is 0 Å². The highest BCUT2D eigenvalue weighted by molar-refractivity contribution is 7.89. The molecule has 2 aromatic carbocycles. The molecule has 1 fully saturated rings. The standard InChI is InChI=1S/C19H21NO6S/c1-24-18(21)16-8-5-9-17(14-16)26-19(15-6-3-2-4-7-15)27(22,23)20-10-12-25-13-11-20/h2-9,14,19H,10-13H2,1H3. The summed E-state index contributed by atoms with van der Waals surface area (Å²) in [7, 11) is -2.52. The third-order valence-electron chi connectivity index (χ3n) is 4.17. The molecule has 0 spiro atoms. The molecule has 0 bridgehead atoms. The van der Waals surface area contributed by atoms with Gasteiger partial charge in [-0.2, -0.15) is 4.31 Å². The molecule has 1 aliphatic rings. The Kier molecular flexibility index (Phi) is 6.10. The summed E-state index contributed by atoms with van der Waals surface area (Å²) in [5.41, 5.74) is -0.442. The molecule has 3 rings (SSSR count). The summed E-state index contributed by atoms with van der Waals surface area (Å²) in [6, 6.07) is 15.0. The molecule has 2 aromatic rings. The Balaban J connectivity index is 1.95. The normalized spacial score (nSPS) is 16.5. The predicted molar refractivity (Wildman–Crippen MR) is 98.9 cm³/mol. The highest BCUT2D eigenvalue weighted by atomic mass is 32.2. The molecule has 0 N–H and O–H groups in total. The highest BCUT2D eigenvalue weighted by Gasteiger charge is 2.36. The van der Waals surface area contributed by atoms with Crippen molar-refractivity contribution in [2.24, 2.45) is 0 Å². The first-order valence-electron chi connectivity index (χ1n) is 8.49. The summed E-state index contributed by atoms with van der Waals surface area (Å²) >= 11 is 0. The zero-order valence-electron chi connectivity index (χ0n) is 14.9. The van der Waals surface area contributed by atoms with E-state index in [2.05, 4.69) is 0 Å². The largest absolute Gasteiger partial charge is 0.468 e. The number of methoxy groups -OCH3 is 1. The van der Waals surface area contributed by atoms with Gasteiger partial charge < -0.3 is 14.2 Å². The highest BCUT2D eigenvalue weighted by Crippen LogP contribution is 2.30. The van der Waals surface area contributed by atoms with Crippen LogP contribution in [0.1, 0.15) is 21.4 Å². The van der Waals surface area contributed by atoms with Gasteiger partial charge in [0.25, 0.3) is 10.0 Å². The lowest BCUT2D eigenvalue weighted by molar-refractivity contribution is 0.0600. The monoisotopic (exact) mass is 391 g/mol. The molecule has 8 heteroatoms. The van der Waals surface area contributed by atoms with E-state index in [1.54, 1.807) is 48.5 Å². The lowest BCUT2D eigenvalue weighted by Crippen LogP contribution is -2.44. The number of ether oxygens (including phenoxy) is 3. The number of carbonyl (C=O) groups excluding carboxylic acids is 1. The van der Waals surface area contributed by atoms with Gasteiger partial charge in [-0.25, -0.2) is 13.2 Å². The molecule has 0 radical (unpaired) electrons. The lowest BCUT2D eigenvalue weighted by Gasteiger charge is -2.30. The Labute approximate surface area is 158 Å². The van der Waals surface area contributed by atoms with E-state index < -0.39 is 21.4 Å². The van der Waals surface area contributed by atoms with Crippen molar-refractivity contribution in [2.75, 3.05) is 33.4 Å². The molecule has 1 aliphatic heterocycles. The van der Waals surface area contributed by atoms with Crippen LogP contribution in [0.5, 0.6) is 5.75 Å². The average molecular weight is 391 g/mol. The van der Waals surface area contributed by atoms with E-state index in [0.29, 0.717) is 18.8 Å². The van der Waals surface area contributed by atoms with Gasteiger partial charge in [0, 0.05) is 18.7 Å². The molecule has 144 valence electrons. The average Bonchev–Trinajstić information content (AvgIpc) is 2.72. The summed E-state index contributed by atoms with van der Waals surface area (Å²) in [6.07, 6.45) is 0. The van der Waals surface area contributed by atoms with Crippen molar-refractivity contribution >= 4 is 16.0 Å². The third-order valence-corrected chi connectivity index (χ3v) is 6.16. The molecule has 1 unspecified atom stereocenters. The number of benzene rings is 2. The number of rotatable bonds is 6. The fraction of sp³-hybridized carbons (Fsp3) is 0.316. The maximum absolute atomic E-state index is 13.2. The summed E-state index contributed by atoms with van der Waals surface area (Å²) in [5, 5.41) is 0. The van der Waals surface area contributed by atoms with Crippen LogP contribution in [0.15, 0.2) is 54.6 Å². The van der Waals surface area contributed by atoms with Gasteiger partial charge in [0.15, 0.2) is 0 Å². The molecule has 0 aromatic heterocycles. The van der Waals surface area contributed by atoms with E-state index in [1.807, 2.05) is 0 Å². The number of nitrogens with zero attached hydrogens (tertiary/aromatic N) is 1. The Morgan fingerprint density at radius 2 is 1.78 bits per heavy atom. The number of sulfonamides is 1. The zero-order chi connectivity index (χ0) is 19.3. The molecular formula is C19H21NO6S. The van der Waals surface area contributed by atoms with Gasteiger partial charge in [-0.3, -0.25) is 0 Å². The molecule has 7 nitrogen and oxygen atoms in total. The van der Waals surface area contributed by atoms with Gasteiger partial charge in [0.2, 0.25) is 5.44 Å². The summed E-state index contributed by atoms with van der Waals surface area (Å²) in [5.74, 6) is -0.253. The number of esters is 1. The fourth-order valence-electron chi connectivity index (χ4n) is 2.79. The molecule has 1 atom stereocenters. The lowest BCUT2D eigenvalue weighted by atomic mass is 10.2. The van der Waals surface area contributed by atoms with E-state index in [4.69, 9.17) is 14.2 Å². The molecule has 27 heavy (non-hydrogen) atoms. The van der Waals surface area contributed by atoms with Crippen molar-refractivity contribution in [1.82, 2.24) is 4.31 Å². The van der Waals surface area contributed by atoms with Crippen molar-refractivity contribution in [3.8, 4) is 5.75 Å². The minimum atomic E-state index is -3.80. The van der Waals surface area contributed by atoms with Crippen LogP contribution in [0.4, 0.5) is 0 Å². The van der Waals surface area contributed by atoms with Gasteiger partial charge in [-0.1, -0.05) is 36.4 Å². The Hall–Kier alpha value is -2.42. The summed E-state index contributed by atoms with van der Waals surface area (Å²) < 4.78 is 43.7. The van der Waals surface area contributed by atoms with Gasteiger partial charge >= 0.3 is 5.97 Å². The quantitative estimate of drug-likeness (QED) is 0.702. The second-order valence-corrected chi connectivity index (χ2v) is 7.91. The third kappa shape index (κ3) is 4.47. The second-order valence-electron chi connectivity index (χ2n) is 5.94. The van der Waals surface area contributed by atoms with Crippen molar-refractivity contribution in [3.63, 3.8) is 0 Å². The second kappa shape index (κ2) is 8.51. The van der Waals surface area contributed by atoms with Crippen LogP contribution in [0.3, 0.4) is 0 Å². The fourth-order valence-corrected chi connectivity index (χ4v) is 4.45. The zero-order valence-corrected chi connectivity index (χ0v) is 15.7. The number of morpholine rings is 1. The van der Waals surface area contributed by atoms with Gasteiger partial charge in [-0.05, 0) is 18.2 Å². The van der Waals surface area contributed by atoms with Crippen molar-refractivity contribution < 1.29 is 27.4 Å². The molecular weight excluding hydrogens is 370 g/mol. The Morgan fingerprint density at radius 3 is 2.44 bits per heavy atom. The number of hydrogen-bond acceptors (Lipinski definition) is 6. The maximum Gasteiger partial charge on any atom is 0.337 e. The van der Waals surface area contributed by atoms with Crippen LogP contribution < -0.4 is 4.74 Å². The molecule has 0 saturated carbocycles. The van der Waals surface area contributed by atoms with Crippen LogP contribution in [-0.4, -0.2) is 52.1 Å². The number of hydrogen-bond donors (Lipinski definition) is 0. The summed E-state index contributed by atoms with van der Waals surface area (Å²) in [4.78, 5) is 11.7. The molecule has 1 saturated heterocycles. The van der Waals surface area contributed by atoms with E-state index in [9.17, 15) is 13.2 Å². The van der Waals surface area contributed by atoms with Crippen molar-refractivity contribution in [2.45, 2.75) is 5.44 Å². The van der Waals surface area contributed by atoms with Crippen molar-refractivity contribution in [3.05, 3.63) is 65.7 Å².